The number of para-hydroxylation sites is 1. The highest BCUT2D eigenvalue weighted by atomic mass is 15.3. The molecular formula is C13H12N4. The maximum absolute atomic E-state index is 4.42. The Hall–Kier alpha value is -2.36. The molecule has 1 aromatic carbocycles. The van der Waals surface area contributed by atoms with Crippen molar-refractivity contribution in [2.45, 2.75) is 6.92 Å². The predicted octanol–water partition coefficient (Wildman–Crippen LogP) is 2.78. The average molecular weight is 224 g/mol. The van der Waals surface area contributed by atoms with E-state index in [4.69, 9.17) is 0 Å². The quantitative estimate of drug-likeness (QED) is 0.727. The normalized spacial score (nSPS) is 10.6. The van der Waals surface area contributed by atoms with Gasteiger partial charge < -0.3 is 5.32 Å². The Morgan fingerprint density at radius 1 is 1.06 bits per heavy atom. The van der Waals surface area contributed by atoms with Crippen molar-refractivity contribution in [2.75, 3.05) is 5.32 Å². The SMILES string of the molecule is Cc1ccc2cnc(Nc3ccccc3)nn12. The first-order valence-electron chi connectivity index (χ1n) is 5.46. The summed E-state index contributed by atoms with van der Waals surface area (Å²) in [6.07, 6.45) is 1.81. The lowest BCUT2D eigenvalue weighted by atomic mass is 10.3. The molecule has 3 aromatic rings. The maximum atomic E-state index is 4.42. The number of nitrogens with zero attached hydrogens (tertiary/aromatic N) is 3. The van der Waals surface area contributed by atoms with Crippen LogP contribution in [0, 0.1) is 6.92 Å². The van der Waals surface area contributed by atoms with E-state index in [9.17, 15) is 0 Å². The molecule has 0 saturated heterocycles. The third kappa shape index (κ3) is 1.85. The van der Waals surface area contributed by atoms with Crippen molar-refractivity contribution in [3.8, 4) is 0 Å². The first-order valence-corrected chi connectivity index (χ1v) is 5.46. The van der Waals surface area contributed by atoms with Gasteiger partial charge in [0.25, 0.3) is 0 Å². The van der Waals surface area contributed by atoms with Crippen molar-refractivity contribution in [3.63, 3.8) is 0 Å². The van der Waals surface area contributed by atoms with Gasteiger partial charge in [-0.3, -0.25) is 0 Å². The van der Waals surface area contributed by atoms with Gasteiger partial charge in [0, 0.05) is 11.4 Å². The highest BCUT2D eigenvalue weighted by molar-refractivity contribution is 5.54. The van der Waals surface area contributed by atoms with Crippen LogP contribution in [-0.4, -0.2) is 14.6 Å². The summed E-state index contributed by atoms with van der Waals surface area (Å²) < 4.78 is 1.87. The van der Waals surface area contributed by atoms with Crippen LogP contribution in [0.3, 0.4) is 0 Å². The van der Waals surface area contributed by atoms with E-state index in [-0.39, 0.29) is 0 Å². The predicted molar refractivity (Wildman–Crippen MR) is 67.4 cm³/mol. The van der Waals surface area contributed by atoms with E-state index in [0.29, 0.717) is 5.95 Å². The molecule has 2 aromatic heterocycles. The van der Waals surface area contributed by atoms with Crippen molar-refractivity contribution in [1.29, 1.82) is 0 Å². The van der Waals surface area contributed by atoms with E-state index in [1.165, 1.54) is 0 Å². The van der Waals surface area contributed by atoms with Crippen molar-refractivity contribution in [3.05, 3.63) is 54.4 Å². The molecule has 4 nitrogen and oxygen atoms in total. The summed E-state index contributed by atoms with van der Waals surface area (Å²) in [6, 6.07) is 13.9. The molecule has 0 bridgehead atoms. The largest absolute Gasteiger partial charge is 0.323 e. The molecule has 0 radical (unpaired) electrons. The third-order valence-corrected chi connectivity index (χ3v) is 2.62. The van der Waals surface area contributed by atoms with Crippen LogP contribution in [-0.2, 0) is 0 Å². The van der Waals surface area contributed by atoms with E-state index in [1.54, 1.807) is 0 Å². The zero-order chi connectivity index (χ0) is 11.7. The van der Waals surface area contributed by atoms with Crippen molar-refractivity contribution >= 4 is 17.2 Å². The number of anilines is 2. The minimum Gasteiger partial charge on any atom is -0.323 e. The van der Waals surface area contributed by atoms with E-state index in [0.717, 1.165) is 16.9 Å². The fourth-order valence-electron chi connectivity index (χ4n) is 1.74. The highest BCUT2D eigenvalue weighted by Gasteiger charge is 2.01. The van der Waals surface area contributed by atoms with E-state index < -0.39 is 0 Å². The van der Waals surface area contributed by atoms with Gasteiger partial charge in [0.05, 0.1) is 11.7 Å². The summed E-state index contributed by atoms with van der Waals surface area (Å²) in [5.41, 5.74) is 3.08. The van der Waals surface area contributed by atoms with E-state index in [1.807, 2.05) is 60.1 Å². The summed E-state index contributed by atoms with van der Waals surface area (Å²) in [7, 11) is 0. The van der Waals surface area contributed by atoms with Crippen LogP contribution >= 0.6 is 0 Å². The second-order valence-corrected chi connectivity index (χ2v) is 3.88. The van der Waals surface area contributed by atoms with Crippen molar-refractivity contribution in [2.24, 2.45) is 0 Å². The molecule has 0 unspecified atom stereocenters. The summed E-state index contributed by atoms with van der Waals surface area (Å²) in [6.45, 7) is 2.02. The molecule has 3 rings (SSSR count). The lowest BCUT2D eigenvalue weighted by Gasteiger charge is -2.05. The van der Waals surface area contributed by atoms with Gasteiger partial charge in [-0.05, 0) is 31.2 Å². The van der Waals surface area contributed by atoms with Crippen LogP contribution < -0.4 is 5.32 Å². The average Bonchev–Trinajstić information content (AvgIpc) is 2.73. The zero-order valence-corrected chi connectivity index (χ0v) is 9.46. The van der Waals surface area contributed by atoms with Gasteiger partial charge >= 0.3 is 0 Å². The van der Waals surface area contributed by atoms with Gasteiger partial charge in [0.1, 0.15) is 0 Å². The molecule has 0 spiro atoms. The fraction of sp³-hybridized carbons (Fsp3) is 0.0769. The van der Waals surface area contributed by atoms with Crippen molar-refractivity contribution in [1.82, 2.24) is 14.6 Å². The first-order chi connectivity index (χ1) is 8.33. The Morgan fingerprint density at radius 2 is 1.88 bits per heavy atom. The van der Waals surface area contributed by atoms with Gasteiger partial charge in [-0.1, -0.05) is 18.2 Å². The monoisotopic (exact) mass is 224 g/mol. The Balaban J connectivity index is 1.98. The molecule has 0 aliphatic carbocycles. The molecule has 0 saturated carbocycles. The second kappa shape index (κ2) is 3.90. The third-order valence-electron chi connectivity index (χ3n) is 2.62. The van der Waals surface area contributed by atoms with Crippen LogP contribution in [0.25, 0.3) is 5.52 Å². The summed E-state index contributed by atoms with van der Waals surface area (Å²) in [5.74, 6) is 0.600. The first kappa shape index (κ1) is 9.84. The van der Waals surface area contributed by atoms with Gasteiger partial charge in [0.15, 0.2) is 0 Å². The lowest BCUT2D eigenvalue weighted by molar-refractivity contribution is 0.880. The molecule has 4 heteroatoms. The minimum absolute atomic E-state index is 0.600. The standard InChI is InChI=1S/C13H12N4/c1-10-7-8-12-9-14-13(16-17(10)12)15-11-5-3-2-4-6-11/h2-9H,1H3,(H,15,16). The van der Waals surface area contributed by atoms with E-state index >= 15 is 0 Å². The molecule has 1 N–H and O–H groups in total. The number of rotatable bonds is 2. The second-order valence-electron chi connectivity index (χ2n) is 3.88. The number of benzene rings is 1. The van der Waals surface area contributed by atoms with Crippen LogP contribution in [0.15, 0.2) is 48.7 Å². The number of hydrogen-bond acceptors (Lipinski definition) is 3. The molecule has 0 amide bonds. The molecule has 17 heavy (non-hydrogen) atoms. The van der Waals surface area contributed by atoms with Crippen LogP contribution in [0.1, 0.15) is 5.69 Å². The maximum Gasteiger partial charge on any atom is 0.245 e. The molecule has 0 aliphatic rings. The van der Waals surface area contributed by atoms with Crippen molar-refractivity contribution < 1.29 is 0 Å². The number of nitrogens with one attached hydrogen (secondary N) is 1. The molecular weight excluding hydrogens is 212 g/mol. The highest BCUT2D eigenvalue weighted by Crippen LogP contribution is 2.13. The number of fused-ring (bicyclic) bond motifs is 1. The van der Waals surface area contributed by atoms with Gasteiger partial charge in [0.2, 0.25) is 5.95 Å². The van der Waals surface area contributed by atoms with E-state index in [2.05, 4.69) is 15.4 Å². The smallest absolute Gasteiger partial charge is 0.245 e. The Bertz CT molecular complexity index is 643. The lowest BCUT2D eigenvalue weighted by Crippen LogP contribution is -2.02. The number of hydrogen-bond donors (Lipinski definition) is 1. The minimum atomic E-state index is 0.600. The van der Waals surface area contributed by atoms with Crippen LogP contribution in [0.5, 0.6) is 0 Å². The van der Waals surface area contributed by atoms with Gasteiger partial charge in [-0.2, -0.15) is 0 Å². The Labute approximate surface area is 98.9 Å². The molecule has 0 fully saturated rings. The summed E-state index contributed by atoms with van der Waals surface area (Å²) in [4.78, 5) is 4.27. The van der Waals surface area contributed by atoms with Gasteiger partial charge in [-0.15, -0.1) is 5.10 Å². The zero-order valence-electron chi connectivity index (χ0n) is 9.46. The number of aromatic nitrogens is 3. The van der Waals surface area contributed by atoms with Gasteiger partial charge in [-0.25, -0.2) is 9.50 Å². The molecule has 0 aliphatic heterocycles. The molecule has 0 atom stereocenters. The molecule has 2 heterocycles. The van der Waals surface area contributed by atoms with Crippen LogP contribution in [0.4, 0.5) is 11.6 Å². The topological polar surface area (TPSA) is 42.2 Å². The summed E-state index contributed by atoms with van der Waals surface area (Å²) >= 11 is 0. The van der Waals surface area contributed by atoms with Crippen LogP contribution in [0.2, 0.25) is 0 Å². The summed E-state index contributed by atoms with van der Waals surface area (Å²) in [5, 5.41) is 7.59. The Kier molecular flexibility index (Phi) is 2.26. The number of aryl methyl sites for hydroxylation is 1. The molecule has 84 valence electrons. The Morgan fingerprint density at radius 3 is 2.71 bits per heavy atom. The fourth-order valence-corrected chi connectivity index (χ4v) is 1.74.